The van der Waals surface area contributed by atoms with Crippen molar-refractivity contribution in [3.05, 3.63) is 46.1 Å². The summed E-state index contributed by atoms with van der Waals surface area (Å²) in [6, 6.07) is 3.47. The van der Waals surface area contributed by atoms with Gasteiger partial charge in [0.2, 0.25) is 11.7 Å². The number of rotatable bonds is 3. The minimum atomic E-state index is -0.657. The van der Waals surface area contributed by atoms with Crippen molar-refractivity contribution in [1.82, 2.24) is 10.5 Å². The lowest BCUT2D eigenvalue weighted by Gasteiger charge is -2.17. The second-order valence-electron chi connectivity index (χ2n) is 6.55. The average Bonchev–Trinajstić information content (AvgIpc) is 3.22. The first-order chi connectivity index (χ1) is 12.5. The molecule has 1 atom stereocenters. The minimum Gasteiger partial charge on any atom is -0.350 e. The second kappa shape index (κ2) is 6.72. The molecule has 4 rings (SSSR count). The lowest BCUT2D eigenvalue weighted by atomic mass is 9.96. The van der Waals surface area contributed by atoms with Crippen molar-refractivity contribution in [2.75, 3.05) is 11.4 Å². The van der Waals surface area contributed by atoms with Gasteiger partial charge in [0.1, 0.15) is 11.9 Å². The summed E-state index contributed by atoms with van der Waals surface area (Å²) in [6.45, 7) is 0.417. The van der Waals surface area contributed by atoms with E-state index in [1.165, 1.54) is 23.1 Å². The predicted octanol–water partition coefficient (Wildman–Crippen LogP) is 2.88. The fourth-order valence-corrected chi connectivity index (χ4v) is 3.69. The highest BCUT2D eigenvalue weighted by molar-refractivity contribution is 6.31. The van der Waals surface area contributed by atoms with Crippen LogP contribution in [0.1, 0.15) is 41.1 Å². The van der Waals surface area contributed by atoms with Crippen LogP contribution in [0.5, 0.6) is 0 Å². The van der Waals surface area contributed by atoms with Crippen LogP contribution in [0.2, 0.25) is 5.02 Å². The van der Waals surface area contributed by atoms with Crippen molar-refractivity contribution in [3.8, 4) is 0 Å². The highest BCUT2D eigenvalue weighted by Gasteiger charge is 2.35. The number of benzene rings is 1. The molecule has 1 aliphatic carbocycles. The number of amides is 2. The molecule has 0 bridgehead atoms. The fraction of sp³-hybridized carbons (Fsp3) is 0.389. The van der Waals surface area contributed by atoms with Crippen LogP contribution in [-0.2, 0) is 17.6 Å². The van der Waals surface area contributed by atoms with Crippen molar-refractivity contribution in [2.45, 2.75) is 38.1 Å². The van der Waals surface area contributed by atoms with Crippen molar-refractivity contribution >= 4 is 29.1 Å². The number of halogens is 2. The predicted molar refractivity (Wildman–Crippen MR) is 92.8 cm³/mol. The van der Waals surface area contributed by atoms with Gasteiger partial charge < -0.3 is 14.7 Å². The molecule has 2 aromatic rings. The molecule has 1 N–H and O–H groups in total. The first-order valence-corrected chi connectivity index (χ1v) is 8.97. The zero-order chi connectivity index (χ0) is 18.3. The molecule has 1 saturated heterocycles. The van der Waals surface area contributed by atoms with E-state index in [1.807, 2.05) is 0 Å². The van der Waals surface area contributed by atoms with E-state index in [4.69, 9.17) is 16.1 Å². The summed E-state index contributed by atoms with van der Waals surface area (Å²) in [4.78, 5) is 26.7. The third-order valence-electron chi connectivity index (χ3n) is 4.89. The molecule has 2 aliphatic rings. The molecule has 26 heavy (non-hydrogen) atoms. The van der Waals surface area contributed by atoms with Gasteiger partial charge in [-0.25, -0.2) is 4.39 Å². The molecule has 136 valence electrons. The Bertz CT molecular complexity index is 883. The molecule has 1 aromatic carbocycles. The lowest BCUT2D eigenvalue weighted by Crippen LogP contribution is -2.41. The Morgan fingerprint density at radius 1 is 1.35 bits per heavy atom. The molecule has 2 amide bonds. The van der Waals surface area contributed by atoms with Gasteiger partial charge in [-0.3, -0.25) is 9.59 Å². The highest BCUT2D eigenvalue weighted by Crippen LogP contribution is 2.27. The Kier molecular flexibility index (Phi) is 4.40. The maximum Gasteiger partial charge on any atom is 0.290 e. The number of hydrogen-bond donors (Lipinski definition) is 1. The number of carbonyl (C=O) groups is 2. The Morgan fingerprint density at radius 3 is 2.96 bits per heavy atom. The molecule has 1 unspecified atom stereocenters. The van der Waals surface area contributed by atoms with Gasteiger partial charge in [-0.15, -0.1) is 0 Å². The quantitative estimate of drug-likeness (QED) is 0.892. The number of aromatic nitrogens is 1. The van der Waals surface area contributed by atoms with Gasteiger partial charge in [0.05, 0.1) is 10.7 Å². The van der Waals surface area contributed by atoms with Gasteiger partial charge in [-0.1, -0.05) is 16.8 Å². The summed E-state index contributed by atoms with van der Waals surface area (Å²) in [7, 11) is 0. The van der Waals surface area contributed by atoms with Crippen LogP contribution in [0, 0.1) is 5.82 Å². The summed E-state index contributed by atoms with van der Waals surface area (Å²) >= 11 is 5.79. The number of carbonyl (C=O) groups excluding carboxylic acids is 2. The van der Waals surface area contributed by atoms with E-state index in [0.717, 1.165) is 36.9 Å². The molecule has 2 heterocycles. The molecule has 0 saturated carbocycles. The molecular weight excluding hydrogens is 361 g/mol. The van der Waals surface area contributed by atoms with Crippen molar-refractivity contribution < 1.29 is 18.5 Å². The van der Waals surface area contributed by atoms with Crippen LogP contribution in [0.3, 0.4) is 0 Å². The van der Waals surface area contributed by atoms with Crippen molar-refractivity contribution in [2.24, 2.45) is 0 Å². The SMILES string of the molecule is O=C(NC1CCN(c2ccc(F)c(Cl)c2)C1=O)c1onc2c1CCCC2. The first-order valence-electron chi connectivity index (χ1n) is 8.59. The van der Waals surface area contributed by atoms with Gasteiger partial charge in [-0.2, -0.15) is 0 Å². The summed E-state index contributed by atoms with van der Waals surface area (Å²) in [6.07, 6.45) is 4.07. The third-order valence-corrected chi connectivity index (χ3v) is 5.18. The zero-order valence-electron chi connectivity index (χ0n) is 13.9. The van der Waals surface area contributed by atoms with E-state index >= 15 is 0 Å². The first kappa shape index (κ1) is 17.0. The van der Waals surface area contributed by atoms with Gasteiger partial charge in [0.25, 0.3) is 5.91 Å². The number of fused-ring (bicyclic) bond motifs is 1. The lowest BCUT2D eigenvalue weighted by molar-refractivity contribution is -0.118. The summed E-state index contributed by atoms with van der Waals surface area (Å²) in [5, 5.41) is 6.66. The van der Waals surface area contributed by atoms with Crippen LogP contribution in [-0.4, -0.2) is 29.6 Å². The van der Waals surface area contributed by atoms with Crippen molar-refractivity contribution in [3.63, 3.8) is 0 Å². The van der Waals surface area contributed by atoms with Crippen LogP contribution >= 0.6 is 11.6 Å². The zero-order valence-corrected chi connectivity index (χ0v) is 14.7. The normalized spacial score (nSPS) is 19.5. The van der Waals surface area contributed by atoms with E-state index in [1.54, 1.807) is 0 Å². The molecule has 0 radical (unpaired) electrons. The van der Waals surface area contributed by atoms with Gasteiger partial charge in [-0.05, 0) is 50.3 Å². The molecule has 1 aliphatic heterocycles. The van der Waals surface area contributed by atoms with E-state index in [0.29, 0.717) is 18.7 Å². The minimum absolute atomic E-state index is 0.0453. The third kappa shape index (κ3) is 2.96. The van der Waals surface area contributed by atoms with Crippen molar-refractivity contribution in [1.29, 1.82) is 0 Å². The monoisotopic (exact) mass is 377 g/mol. The number of nitrogens with one attached hydrogen (secondary N) is 1. The largest absolute Gasteiger partial charge is 0.350 e. The molecule has 0 spiro atoms. The van der Waals surface area contributed by atoms with Crippen LogP contribution in [0.25, 0.3) is 0 Å². The van der Waals surface area contributed by atoms with Gasteiger partial charge >= 0.3 is 0 Å². The Hall–Kier alpha value is -2.41. The Morgan fingerprint density at radius 2 is 2.15 bits per heavy atom. The number of nitrogens with zero attached hydrogens (tertiary/aromatic N) is 2. The molecule has 1 fully saturated rings. The molecule has 1 aromatic heterocycles. The van der Waals surface area contributed by atoms with Crippen LogP contribution in [0.4, 0.5) is 10.1 Å². The Labute approximate surface area is 154 Å². The van der Waals surface area contributed by atoms with E-state index in [-0.39, 0.29) is 16.7 Å². The smallest absolute Gasteiger partial charge is 0.290 e. The standard InChI is InChI=1S/C18H17ClFN3O3/c19-12-9-10(5-6-13(12)20)23-8-7-15(18(23)25)21-17(24)16-11-3-1-2-4-14(11)22-26-16/h5-6,9,15H,1-4,7-8H2,(H,21,24). The topological polar surface area (TPSA) is 75.4 Å². The maximum atomic E-state index is 13.3. The fourth-order valence-electron chi connectivity index (χ4n) is 3.52. The number of aryl methyl sites for hydroxylation is 1. The number of hydrogen-bond acceptors (Lipinski definition) is 4. The average molecular weight is 378 g/mol. The highest BCUT2D eigenvalue weighted by atomic mass is 35.5. The maximum absolute atomic E-state index is 13.3. The molecule has 6 nitrogen and oxygen atoms in total. The summed E-state index contributed by atoms with van der Waals surface area (Å²) < 4.78 is 18.5. The molecule has 8 heteroatoms. The number of anilines is 1. The van der Waals surface area contributed by atoms with E-state index in [2.05, 4.69) is 10.5 Å². The Balaban J connectivity index is 1.48. The summed E-state index contributed by atoms with van der Waals surface area (Å²) in [5.41, 5.74) is 2.19. The molecular formula is C18H17ClFN3O3. The van der Waals surface area contributed by atoms with Crippen LogP contribution in [0.15, 0.2) is 22.7 Å². The van der Waals surface area contributed by atoms with Gasteiger partial charge in [0.15, 0.2) is 0 Å². The second-order valence-corrected chi connectivity index (χ2v) is 6.95. The van der Waals surface area contributed by atoms with E-state index < -0.39 is 17.8 Å². The summed E-state index contributed by atoms with van der Waals surface area (Å²) in [5.74, 6) is -1.01. The van der Waals surface area contributed by atoms with Gasteiger partial charge in [0, 0.05) is 17.8 Å². The van der Waals surface area contributed by atoms with E-state index in [9.17, 15) is 14.0 Å². The van der Waals surface area contributed by atoms with Crippen LogP contribution < -0.4 is 10.2 Å².